The molecule has 6 nitrogen and oxygen atoms in total. The van der Waals surface area contributed by atoms with Crippen LogP contribution in [0.1, 0.15) is 38.8 Å². The Morgan fingerprint density at radius 1 is 1.08 bits per heavy atom. The van der Waals surface area contributed by atoms with Crippen LogP contribution >= 0.6 is 0 Å². The monoisotopic (exact) mass is 355 g/mol. The second kappa shape index (κ2) is 8.99. The second-order valence-electron chi connectivity index (χ2n) is 6.57. The number of aryl methyl sites for hydroxylation is 1. The predicted octanol–water partition coefficient (Wildman–Crippen LogP) is 2.71. The van der Waals surface area contributed by atoms with E-state index in [0.717, 1.165) is 5.56 Å². The molecular formula is C20H25N3O3. The van der Waals surface area contributed by atoms with E-state index in [2.05, 4.69) is 24.5 Å². The lowest BCUT2D eigenvalue weighted by Crippen LogP contribution is -2.39. The number of rotatable bonds is 6. The highest BCUT2D eigenvalue weighted by atomic mass is 16.2. The highest BCUT2D eigenvalue weighted by Crippen LogP contribution is 2.21. The van der Waals surface area contributed by atoms with Crippen molar-refractivity contribution in [2.24, 2.45) is 5.92 Å². The number of anilines is 1. The van der Waals surface area contributed by atoms with E-state index in [4.69, 9.17) is 0 Å². The van der Waals surface area contributed by atoms with Crippen molar-refractivity contribution in [3.63, 3.8) is 0 Å². The molecule has 26 heavy (non-hydrogen) atoms. The zero-order valence-electron chi connectivity index (χ0n) is 15.4. The number of aromatic nitrogens is 1. The molecule has 1 aromatic heterocycles. The topological polar surface area (TPSA) is 80.2 Å². The van der Waals surface area contributed by atoms with Crippen LogP contribution in [0.25, 0.3) is 0 Å². The van der Waals surface area contributed by atoms with Crippen LogP contribution < -0.4 is 16.1 Å². The Labute approximate surface area is 153 Å². The summed E-state index contributed by atoms with van der Waals surface area (Å²) in [6, 6.07) is 10.6. The quantitative estimate of drug-likeness (QED) is 0.782. The summed E-state index contributed by atoms with van der Waals surface area (Å²) in [6.45, 7) is 6.68. The summed E-state index contributed by atoms with van der Waals surface area (Å²) < 4.78 is 1.75. The SMILES string of the molecule is CCn1ccc(=O)c(NC(=O)C(=O)NC(CC(C)C)c2ccccc2)c1. The Balaban J connectivity index is 2.11. The highest BCUT2D eigenvalue weighted by Gasteiger charge is 2.21. The fourth-order valence-electron chi connectivity index (χ4n) is 2.65. The van der Waals surface area contributed by atoms with Gasteiger partial charge >= 0.3 is 11.8 Å². The summed E-state index contributed by atoms with van der Waals surface area (Å²) in [5, 5.41) is 5.18. The van der Waals surface area contributed by atoms with Crippen LogP contribution in [0.15, 0.2) is 53.6 Å². The van der Waals surface area contributed by atoms with E-state index < -0.39 is 11.8 Å². The minimum Gasteiger partial charge on any atom is -0.352 e. The molecule has 1 atom stereocenters. The molecule has 1 unspecified atom stereocenters. The van der Waals surface area contributed by atoms with Crippen molar-refractivity contribution in [1.82, 2.24) is 9.88 Å². The number of hydrogen-bond acceptors (Lipinski definition) is 3. The summed E-state index contributed by atoms with van der Waals surface area (Å²) >= 11 is 0. The molecule has 0 radical (unpaired) electrons. The van der Waals surface area contributed by atoms with Crippen molar-refractivity contribution < 1.29 is 9.59 Å². The van der Waals surface area contributed by atoms with Crippen LogP contribution in [0, 0.1) is 5.92 Å². The van der Waals surface area contributed by atoms with Crippen molar-refractivity contribution in [2.75, 3.05) is 5.32 Å². The third-order valence-corrected chi connectivity index (χ3v) is 4.01. The van der Waals surface area contributed by atoms with Crippen LogP contribution in [0.4, 0.5) is 5.69 Å². The number of carbonyl (C=O) groups is 2. The Morgan fingerprint density at radius 3 is 2.38 bits per heavy atom. The van der Waals surface area contributed by atoms with Crippen LogP contribution in [0.5, 0.6) is 0 Å². The normalized spacial score (nSPS) is 11.8. The molecule has 0 saturated carbocycles. The summed E-state index contributed by atoms with van der Waals surface area (Å²) in [4.78, 5) is 36.5. The lowest BCUT2D eigenvalue weighted by atomic mass is 9.97. The first-order valence-electron chi connectivity index (χ1n) is 8.77. The predicted molar refractivity (Wildman–Crippen MR) is 102 cm³/mol. The summed E-state index contributed by atoms with van der Waals surface area (Å²) in [7, 11) is 0. The van der Waals surface area contributed by atoms with E-state index in [0.29, 0.717) is 18.9 Å². The van der Waals surface area contributed by atoms with Crippen molar-refractivity contribution >= 4 is 17.5 Å². The third kappa shape index (κ3) is 5.31. The number of carbonyl (C=O) groups excluding carboxylic acids is 2. The number of hydrogen-bond donors (Lipinski definition) is 2. The first-order chi connectivity index (χ1) is 12.4. The number of nitrogens with one attached hydrogen (secondary N) is 2. The maximum atomic E-state index is 12.3. The molecule has 0 spiro atoms. The smallest absolute Gasteiger partial charge is 0.313 e. The van der Waals surface area contributed by atoms with E-state index in [1.54, 1.807) is 10.8 Å². The van der Waals surface area contributed by atoms with Crippen molar-refractivity contribution in [2.45, 2.75) is 39.8 Å². The third-order valence-electron chi connectivity index (χ3n) is 4.01. The molecule has 0 aliphatic carbocycles. The fraction of sp³-hybridized carbons (Fsp3) is 0.350. The summed E-state index contributed by atoms with van der Waals surface area (Å²) in [6.07, 6.45) is 3.86. The summed E-state index contributed by atoms with van der Waals surface area (Å²) in [5.74, 6) is -1.26. The van der Waals surface area contributed by atoms with Crippen molar-refractivity contribution in [3.05, 3.63) is 64.6 Å². The van der Waals surface area contributed by atoms with Gasteiger partial charge in [0, 0.05) is 25.0 Å². The second-order valence-corrected chi connectivity index (χ2v) is 6.57. The molecule has 2 amide bonds. The molecule has 1 aromatic carbocycles. The van der Waals surface area contributed by atoms with E-state index >= 15 is 0 Å². The van der Waals surface area contributed by atoms with Gasteiger partial charge in [0.2, 0.25) is 5.43 Å². The fourth-order valence-corrected chi connectivity index (χ4v) is 2.65. The Kier molecular flexibility index (Phi) is 6.72. The molecule has 6 heteroatoms. The molecule has 2 aromatic rings. The Morgan fingerprint density at radius 2 is 1.77 bits per heavy atom. The molecule has 0 aliphatic heterocycles. The van der Waals surface area contributed by atoms with Gasteiger partial charge in [-0.05, 0) is 24.8 Å². The molecule has 0 bridgehead atoms. The Bertz CT molecular complexity index is 813. The van der Waals surface area contributed by atoms with Gasteiger partial charge in [-0.2, -0.15) is 0 Å². The number of benzene rings is 1. The molecule has 1 heterocycles. The minimum atomic E-state index is -0.847. The molecule has 0 saturated heterocycles. The highest BCUT2D eigenvalue weighted by molar-refractivity contribution is 6.39. The van der Waals surface area contributed by atoms with Crippen molar-refractivity contribution in [3.8, 4) is 0 Å². The van der Waals surface area contributed by atoms with Gasteiger partial charge in [-0.15, -0.1) is 0 Å². The molecule has 2 N–H and O–H groups in total. The largest absolute Gasteiger partial charge is 0.352 e. The molecular weight excluding hydrogens is 330 g/mol. The van der Waals surface area contributed by atoms with Crippen LogP contribution in [0.2, 0.25) is 0 Å². The van der Waals surface area contributed by atoms with E-state index in [1.807, 2.05) is 37.3 Å². The average molecular weight is 355 g/mol. The first kappa shape index (κ1) is 19.4. The first-order valence-corrected chi connectivity index (χ1v) is 8.77. The van der Waals surface area contributed by atoms with Crippen LogP contribution in [-0.4, -0.2) is 16.4 Å². The lowest BCUT2D eigenvalue weighted by molar-refractivity contribution is -0.136. The van der Waals surface area contributed by atoms with Gasteiger partial charge in [0.05, 0.1) is 6.04 Å². The van der Waals surface area contributed by atoms with Gasteiger partial charge in [0.25, 0.3) is 0 Å². The van der Waals surface area contributed by atoms with Gasteiger partial charge in [-0.25, -0.2) is 0 Å². The van der Waals surface area contributed by atoms with Gasteiger partial charge in [0.1, 0.15) is 5.69 Å². The number of nitrogens with zero attached hydrogens (tertiary/aromatic N) is 1. The zero-order valence-corrected chi connectivity index (χ0v) is 15.4. The molecule has 0 aliphatic rings. The number of pyridine rings is 1. The average Bonchev–Trinajstić information content (AvgIpc) is 2.63. The van der Waals surface area contributed by atoms with Gasteiger partial charge in [-0.1, -0.05) is 44.2 Å². The van der Waals surface area contributed by atoms with Gasteiger partial charge in [-0.3, -0.25) is 14.4 Å². The zero-order chi connectivity index (χ0) is 19.1. The lowest BCUT2D eigenvalue weighted by Gasteiger charge is -2.21. The van der Waals surface area contributed by atoms with Gasteiger partial charge in [0.15, 0.2) is 0 Å². The molecule has 138 valence electrons. The summed E-state index contributed by atoms with van der Waals surface area (Å²) in [5.41, 5.74) is 0.697. The maximum Gasteiger partial charge on any atom is 0.313 e. The molecule has 2 rings (SSSR count). The van der Waals surface area contributed by atoms with Crippen LogP contribution in [0.3, 0.4) is 0 Å². The van der Waals surface area contributed by atoms with E-state index in [-0.39, 0.29) is 17.2 Å². The van der Waals surface area contributed by atoms with Crippen LogP contribution in [-0.2, 0) is 16.1 Å². The van der Waals surface area contributed by atoms with E-state index in [1.165, 1.54) is 12.3 Å². The minimum absolute atomic E-state index is 0.0922. The van der Waals surface area contributed by atoms with E-state index in [9.17, 15) is 14.4 Å². The van der Waals surface area contributed by atoms with Gasteiger partial charge < -0.3 is 15.2 Å². The van der Waals surface area contributed by atoms with Crippen molar-refractivity contribution in [1.29, 1.82) is 0 Å². The standard InChI is InChI=1S/C20H25N3O3/c1-4-23-11-10-18(24)17(13-23)22-20(26)19(25)21-16(12-14(2)3)15-8-6-5-7-9-15/h5-11,13-14,16H,4,12H2,1-3H3,(H,21,25)(H,22,26). The maximum absolute atomic E-state index is 12.3. The molecule has 0 fully saturated rings. The number of amides is 2. The Hall–Kier alpha value is -2.89.